The monoisotopic (exact) mass is 336 g/mol. The van der Waals surface area contributed by atoms with E-state index < -0.39 is 18.2 Å². The minimum absolute atomic E-state index is 0.309. The molecule has 24 heavy (non-hydrogen) atoms. The van der Waals surface area contributed by atoms with Crippen LogP contribution in [0.15, 0.2) is 30.3 Å². The molecule has 0 bridgehead atoms. The molecule has 5 heteroatoms. The number of nitrogens with zero attached hydrogens (tertiary/aromatic N) is 1. The molecule has 0 aliphatic heterocycles. The molecule has 5 nitrogen and oxygen atoms in total. The number of benzene rings is 1. The van der Waals surface area contributed by atoms with Gasteiger partial charge in [0.1, 0.15) is 0 Å². The number of hydrogen-bond acceptors (Lipinski definition) is 3. The average Bonchev–Trinajstić information content (AvgIpc) is 2.45. The predicted octanol–water partition coefficient (Wildman–Crippen LogP) is 3.19. The van der Waals surface area contributed by atoms with E-state index in [1.807, 2.05) is 32.0 Å². The number of carboxylic acid groups (broad SMARTS) is 1. The minimum Gasteiger partial charge on any atom is -0.465 e. The summed E-state index contributed by atoms with van der Waals surface area (Å²) in [7, 11) is 0. The second-order valence-electron chi connectivity index (χ2n) is 7.33. The number of aliphatic hydroxyl groups excluding tert-OH is 1. The normalized spacial score (nSPS) is 14.2. The molecule has 0 unspecified atom stereocenters. The van der Waals surface area contributed by atoms with E-state index in [4.69, 9.17) is 5.11 Å². The van der Waals surface area contributed by atoms with Crippen LogP contribution in [0.2, 0.25) is 0 Å². The molecule has 0 aliphatic carbocycles. The molecule has 0 fully saturated rings. The van der Waals surface area contributed by atoms with Crippen molar-refractivity contribution in [1.82, 2.24) is 10.2 Å². The van der Waals surface area contributed by atoms with E-state index in [1.54, 1.807) is 0 Å². The molecule has 1 amide bonds. The van der Waals surface area contributed by atoms with Gasteiger partial charge in [0.25, 0.3) is 0 Å². The molecule has 136 valence electrons. The maximum absolute atomic E-state index is 11.0. The number of nitrogens with one attached hydrogen (secondary N) is 1. The van der Waals surface area contributed by atoms with Crippen LogP contribution in [0.5, 0.6) is 0 Å². The zero-order valence-corrected chi connectivity index (χ0v) is 15.3. The first-order valence-corrected chi connectivity index (χ1v) is 8.71. The Labute approximate surface area is 145 Å². The van der Waals surface area contributed by atoms with Crippen LogP contribution < -0.4 is 5.32 Å². The van der Waals surface area contributed by atoms with Gasteiger partial charge in [0.2, 0.25) is 0 Å². The van der Waals surface area contributed by atoms with E-state index >= 15 is 0 Å². The Morgan fingerprint density at radius 2 is 1.71 bits per heavy atom. The number of amides is 1. The summed E-state index contributed by atoms with van der Waals surface area (Å²) in [4.78, 5) is 13.2. The van der Waals surface area contributed by atoms with E-state index in [2.05, 4.69) is 36.2 Å². The summed E-state index contributed by atoms with van der Waals surface area (Å²) < 4.78 is 0. The van der Waals surface area contributed by atoms with Crippen molar-refractivity contribution >= 4 is 6.09 Å². The molecule has 0 saturated carbocycles. The zero-order valence-electron chi connectivity index (χ0n) is 15.3. The van der Waals surface area contributed by atoms with Gasteiger partial charge in [-0.2, -0.15) is 0 Å². The first-order chi connectivity index (χ1) is 11.3. The topological polar surface area (TPSA) is 72.8 Å². The molecular weight excluding hydrogens is 304 g/mol. The summed E-state index contributed by atoms with van der Waals surface area (Å²) in [5.74, 6) is 0.779. The van der Waals surface area contributed by atoms with Crippen molar-refractivity contribution < 1.29 is 15.0 Å². The summed E-state index contributed by atoms with van der Waals surface area (Å²) in [6.45, 7) is 10.4. The van der Waals surface area contributed by atoms with E-state index in [9.17, 15) is 9.90 Å². The molecule has 0 aromatic heterocycles. The van der Waals surface area contributed by atoms with Gasteiger partial charge in [0.05, 0.1) is 12.1 Å². The number of carbonyl (C=O) groups is 1. The van der Waals surface area contributed by atoms with Crippen molar-refractivity contribution in [2.45, 2.75) is 52.8 Å². The van der Waals surface area contributed by atoms with Crippen molar-refractivity contribution in [3.05, 3.63) is 35.9 Å². The van der Waals surface area contributed by atoms with Crippen LogP contribution in [0.1, 0.15) is 39.7 Å². The lowest BCUT2D eigenvalue weighted by Crippen LogP contribution is -2.49. The lowest BCUT2D eigenvalue weighted by atomic mass is 9.98. The third-order valence-corrected chi connectivity index (χ3v) is 3.82. The Bertz CT molecular complexity index is 477. The SMILES string of the molecule is CC(C)C[C@H](NC(=O)O)[C@@H](O)CN(Cc1ccccc1)CC(C)C. The lowest BCUT2D eigenvalue weighted by Gasteiger charge is -2.31. The molecule has 0 spiro atoms. The zero-order chi connectivity index (χ0) is 18.1. The molecule has 0 saturated heterocycles. The van der Waals surface area contributed by atoms with Crippen LogP contribution >= 0.6 is 0 Å². The van der Waals surface area contributed by atoms with Crippen molar-refractivity contribution in [1.29, 1.82) is 0 Å². The minimum atomic E-state index is -1.09. The van der Waals surface area contributed by atoms with Gasteiger partial charge in [0, 0.05) is 19.6 Å². The third kappa shape index (κ3) is 8.31. The average molecular weight is 336 g/mol. The van der Waals surface area contributed by atoms with Crippen molar-refractivity contribution in [3.63, 3.8) is 0 Å². The highest BCUT2D eigenvalue weighted by atomic mass is 16.4. The van der Waals surface area contributed by atoms with Crippen molar-refractivity contribution in [3.8, 4) is 0 Å². The summed E-state index contributed by atoms with van der Waals surface area (Å²) in [6.07, 6.45) is -1.20. The highest BCUT2D eigenvalue weighted by molar-refractivity contribution is 5.64. The highest BCUT2D eigenvalue weighted by Gasteiger charge is 2.24. The fraction of sp³-hybridized carbons (Fsp3) is 0.632. The largest absolute Gasteiger partial charge is 0.465 e. The van der Waals surface area contributed by atoms with Crippen LogP contribution in [0.3, 0.4) is 0 Å². The van der Waals surface area contributed by atoms with Crippen LogP contribution in [-0.4, -0.2) is 46.4 Å². The van der Waals surface area contributed by atoms with Crippen LogP contribution in [0, 0.1) is 11.8 Å². The second kappa shape index (κ2) is 10.3. The Balaban J connectivity index is 2.76. The molecular formula is C19H32N2O3. The van der Waals surface area contributed by atoms with Gasteiger partial charge in [-0.05, 0) is 23.8 Å². The Kier molecular flexibility index (Phi) is 8.79. The fourth-order valence-corrected chi connectivity index (χ4v) is 2.93. The number of hydrogen-bond donors (Lipinski definition) is 3. The van der Waals surface area contributed by atoms with E-state index in [0.29, 0.717) is 24.8 Å². The molecule has 0 radical (unpaired) electrons. The molecule has 1 rings (SSSR count). The predicted molar refractivity (Wildman–Crippen MR) is 97.0 cm³/mol. The van der Waals surface area contributed by atoms with E-state index in [1.165, 1.54) is 5.56 Å². The van der Waals surface area contributed by atoms with Gasteiger partial charge in [-0.25, -0.2) is 4.79 Å². The van der Waals surface area contributed by atoms with Gasteiger partial charge in [-0.1, -0.05) is 58.0 Å². The Hall–Kier alpha value is -1.59. The van der Waals surface area contributed by atoms with Gasteiger partial charge >= 0.3 is 6.09 Å². The number of aliphatic hydroxyl groups is 1. The quantitative estimate of drug-likeness (QED) is 0.613. The van der Waals surface area contributed by atoms with Gasteiger partial charge in [-0.15, -0.1) is 0 Å². The fourth-order valence-electron chi connectivity index (χ4n) is 2.93. The van der Waals surface area contributed by atoms with Crippen LogP contribution in [0.4, 0.5) is 4.79 Å². The molecule has 1 aromatic rings. The van der Waals surface area contributed by atoms with Crippen LogP contribution in [0.25, 0.3) is 0 Å². The lowest BCUT2D eigenvalue weighted by molar-refractivity contribution is 0.0636. The summed E-state index contributed by atoms with van der Waals surface area (Å²) in [5.41, 5.74) is 1.19. The standard InChI is InChI=1S/C19H32N2O3/c1-14(2)10-17(20-19(23)24)18(22)13-21(11-15(3)4)12-16-8-6-5-7-9-16/h5-9,14-15,17-18,20,22H,10-13H2,1-4H3,(H,23,24)/t17-,18-/m0/s1. The summed E-state index contributed by atoms with van der Waals surface area (Å²) >= 11 is 0. The Morgan fingerprint density at radius 1 is 1.08 bits per heavy atom. The third-order valence-electron chi connectivity index (χ3n) is 3.82. The molecule has 3 N–H and O–H groups in total. The molecule has 1 aromatic carbocycles. The maximum atomic E-state index is 11.0. The van der Waals surface area contributed by atoms with E-state index in [-0.39, 0.29) is 0 Å². The van der Waals surface area contributed by atoms with Gasteiger partial charge in [-0.3, -0.25) is 4.90 Å². The number of rotatable bonds is 10. The van der Waals surface area contributed by atoms with Gasteiger partial charge < -0.3 is 15.5 Å². The first-order valence-electron chi connectivity index (χ1n) is 8.71. The molecule has 2 atom stereocenters. The van der Waals surface area contributed by atoms with Crippen LogP contribution in [-0.2, 0) is 6.54 Å². The highest BCUT2D eigenvalue weighted by Crippen LogP contribution is 2.13. The van der Waals surface area contributed by atoms with Crippen molar-refractivity contribution in [2.24, 2.45) is 11.8 Å². The van der Waals surface area contributed by atoms with Gasteiger partial charge in [0.15, 0.2) is 0 Å². The summed E-state index contributed by atoms with van der Waals surface area (Å²) in [6, 6.07) is 9.69. The van der Waals surface area contributed by atoms with Crippen molar-refractivity contribution in [2.75, 3.05) is 13.1 Å². The second-order valence-corrected chi connectivity index (χ2v) is 7.33. The molecule has 0 aliphatic rings. The summed E-state index contributed by atoms with van der Waals surface area (Å²) in [5, 5.41) is 22.1. The van der Waals surface area contributed by atoms with E-state index in [0.717, 1.165) is 13.1 Å². The molecule has 0 heterocycles. The smallest absolute Gasteiger partial charge is 0.404 e. The first kappa shape index (κ1) is 20.5. The Morgan fingerprint density at radius 3 is 2.21 bits per heavy atom. The maximum Gasteiger partial charge on any atom is 0.404 e.